The third kappa shape index (κ3) is 8.03. The average Bonchev–Trinajstić information content (AvgIpc) is 2.70. The van der Waals surface area contributed by atoms with Crippen molar-refractivity contribution in [1.82, 2.24) is 4.98 Å². The Bertz CT molecular complexity index is 715. The zero-order valence-corrected chi connectivity index (χ0v) is 15.9. The van der Waals surface area contributed by atoms with E-state index in [1.54, 1.807) is 37.4 Å². The molecule has 2 rings (SSSR count). The van der Waals surface area contributed by atoms with Crippen LogP contribution in [0.25, 0.3) is 0 Å². The Balaban J connectivity index is 1.45. The highest BCUT2D eigenvalue weighted by atomic mass is 16.5. The summed E-state index contributed by atoms with van der Waals surface area (Å²) in [4.78, 5) is 27.0. The van der Waals surface area contributed by atoms with Gasteiger partial charge in [-0.05, 0) is 44.0 Å². The minimum absolute atomic E-state index is 0.0477. The van der Waals surface area contributed by atoms with Crippen LogP contribution in [-0.2, 0) is 4.74 Å². The van der Waals surface area contributed by atoms with Crippen LogP contribution in [0.4, 0.5) is 0 Å². The number of carbonyl (C=O) groups excluding carboxylic acids is 2. The molecule has 0 saturated carbocycles. The molecule has 0 saturated heterocycles. The maximum absolute atomic E-state index is 11.7. The largest absolute Gasteiger partial charge is 0.494 e. The Morgan fingerprint density at radius 1 is 0.889 bits per heavy atom. The smallest absolute Gasteiger partial charge is 0.339 e. The first-order chi connectivity index (χ1) is 13.2. The van der Waals surface area contributed by atoms with Crippen LogP contribution in [0.2, 0.25) is 0 Å². The molecule has 144 valence electrons. The van der Waals surface area contributed by atoms with Crippen molar-refractivity contribution in [2.75, 3.05) is 13.2 Å². The van der Waals surface area contributed by atoms with Crippen LogP contribution in [0.15, 0.2) is 48.8 Å². The molecule has 0 N–H and O–H groups in total. The molecule has 0 unspecified atom stereocenters. The van der Waals surface area contributed by atoms with E-state index >= 15 is 0 Å². The van der Waals surface area contributed by atoms with E-state index in [4.69, 9.17) is 9.47 Å². The van der Waals surface area contributed by atoms with Crippen molar-refractivity contribution in [3.05, 3.63) is 59.9 Å². The topological polar surface area (TPSA) is 65.5 Å². The van der Waals surface area contributed by atoms with Gasteiger partial charge in [0.2, 0.25) is 0 Å². The number of pyridine rings is 1. The van der Waals surface area contributed by atoms with Crippen molar-refractivity contribution in [2.24, 2.45) is 0 Å². The number of rotatable bonds is 12. The van der Waals surface area contributed by atoms with Crippen molar-refractivity contribution in [3.63, 3.8) is 0 Å². The summed E-state index contributed by atoms with van der Waals surface area (Å²) in [5.74, 6) is 0.485. The summed E-state index contributed by atoms with van der Waals surface area (Å²) in [5.41, 5.74) is 1.17. The van der Waals surface area contributed by atoms with E-state index in [0.717, 1.165) is 44.3 Å². The van der Waals surface area contributed by atoms with Gasteiger partial charge in [0, 0.05) is 18.0 Å². The van der Waals surface area contributed by atoms with Gasteiger partial charge < -0.3 is 9.47 Å². The summed E-state index contributed by atoms with van der Waals surface area (Å²) in [6.45, 7) is 2.66. The molecule has 5 nitrogen and oxygen atoms in total. The predicted octanol–water partition coefficient (Wildman–Crippen LogP) is 4.86. The summed E-state index contributed by atoms with van der Waals surface area (Å²) in [6, 6.07) is 10.7. The van der Waals surface area contributed by atoms with Crippen LogP contribution in [-0.4, -0.2) is 30.0 Å². The number of hydrogen-bond acceptors (Lipinski definition) is 5. The van der Waals surface area contributed by atoms with E-state index in [1.807, 2.05) is 12.1 Å². The van der Waals surface area contributed by atoms with Gasteiger partial charge in [0.25, 0.3) is 0 Å². The average molecular weight is 369 g/mol. The molecular weight excluding hydrogens is 342 g/mol. The van der Waals surface area contributed by atoms with Crippen LogP contribution in [0.3, 0.4) is 0 Å². The number of ketones is 1. The van der Waals surface area contributed by atoms with E-state index < -0.39 is 0 Å². The van der Waals surface area contributed by atoms with Crippen molar-refractivity contribution < 1.29 is 19.1 Å². The van der Waals surface area contributed by atoms with Crippen LogP contribution >= 0.6 is 0 Å². The number of benzene rings is 1. The van der Waals surface area contributed by atoms with Crippen LogP contribution in [0.1, 0.15) is 66.2 Å². The summed E-state index contributed by atoms with van der Waals surface area (Å²) < 4.78 is 10.9. The Kier molecular flexibility index (Phi) is 9.04. The SMILES string of the molecule is CC(=O)c1cccc(OCCCCCCCCOC(=O)c2cccnc2)c1. The van der Waals surface area contributed by atoms with Crippen molar-refractivity contribution in [2.45, 2.75) is 45.4 Å². The Hall–Kier alpha value is -2.69. The Morgan fingerprint density at radius 3 is 2.30 bits per heavy atom. The fourth-order valence-electron chi connectivity index (χ4n) is 2.64. The van der Waals surface area contributed by atoms with Gasteiger partial charge in [-0.2, -0.15) is 0 Å². The van der Waals surface area contributed by atoms with Gasteiger partial charge in [-0.25, -0.2) is 4.79 Å². The predicted molar refractivity (Wildman–Crippen MR) is 104 cm³/mol. The molecule has 0 spiro atoms. The maximum atomic E-state index is 11.7. The minimum atomic E-state index is -0.311. The molecule has 0 amide bonds. The van der Waals surface area contributed by atoms with Crippen LogP contribution in [0.5, 0.6) is 5.75 Å². The molecule has 0 atom stereocenters. The van der Waals surface area contributed by atoms with Gasteiger partial charge in [0.1, 0.15) is 5.75 Å². The second-order valence-corrected chi connectivity index (χ2v) is 6.43. The first kappa shape index (κ1) is 20.6. The van der Waals surface area contributed by atoms with Crippen molar-refractivity contribution >= 4 is 11.8 Å². The van der Waals surface area contributed by atoms with Crippen molar-refractivity contribution in [3.8, 4) is 5.75 Å². The molecule has 2 aromatic rings. The molecule has 1 aromatic carbocycles. The molecule has 0 bridgehead atoms. The molecule has 27 heavy (non-hydrogen) atoms. The highest BCUT2D eigenvalue weighted by molar-refractivity contribution is 5.94. The van der Waals surface area contributed by atoms with Gasteiger partial charge in [-0.3, -0.25) is 9.78 Å². The molecule has 0 fully saturated rings. The quantitative estimate of drug-likeness (QED) is 0.304. The number of ether oxygens (including phenoxy) is 2. The van der Waals surface area contributed by atoms with Gasteiger partial charge >= 0.3 is 5.97 Å². The molecule has 5 heteroatoms. The number of hydrogen-bond donors (Lipinski definition) is 0. The molecule has 1 heterocycles. The minimum Gasteiger partial charge on any atom is -0.494 e. The first-order valence-corrected chi connectivity index (χ1v) is 9.48. The number of carbonyl (C=O) groups is 2. The molecule has 0 radical (unpaired) electrons. The molecule has 0 aliphatic rings. The summed E-state index contributed by atoms with van der Waals surface area (Å²) in [5, 5.41) is 0. The van der Waals surface area contributed by atoms with Gasteiger partial charge in [0.15, 0.2) is 5.78 Å². The van der Waals surface area contributed by atoms with Gasteiger partial charge in [0.05, 0.1) is 18.8 Å². The fraction of sp³-hybridized carbons (Fsp3) is 0.409. The summed E-state index contributed by atoms with van der Waals surface area (Å²) in [6.07, 6.45) is 9.40. The zero-order chi connectivity index (χ0) is 19.3. The second kappa shape index (κ2) is 11.8. The highest BCUT2D eigenvalue weighted by Crippen LogP contribution is 2.15. The lowest BCUT2D eigenvalue weighted by molar-refractivity contribution is 0.0497. The fourth-order valence-corrected chi connectivity index (χ4v) is 2.64. The highest BCUT2D eigenvalue weighted by Gasteiger charge is 2.05. The summed E-state index contributed by atoms with van der Waals surface area (Å²) >= 11 is 0. The molecule has 1 aromatic heterocycles. The van der Waals surface area contributed by atoms with Crippen LogP contribution < -0.4 is 4.74 Å². The number of aromatic nitrogens is 1. The first-order valence-electron chi connectivity index (χ1n) is 9.48. The van der Waals surface area contributed by atoms with E-state index in [1.165, 1.54) is 6.20 Å². The zero-order valence-electron chi connectivity index (χ0n) is 15.9. The third-order valence-electron chi connectivity index (χ3n) is 4.18. The lowest BCUT2D eigenvalue weighted by atomic mass is 10.1. The Labute approximate surface area is 160 Å². The molecule has 0 aliphatic carbocycles. The standard InChI is InChI=1S/C22H27NO4/c1-18(24)19-10-8-12-21(16-19)26-14-6-4-2-3-5-7-15-27-22(25)20-11-9-13-23-17-20/h8-13,16-17H,2-7,14-15H2,1H3. The second-order valence-electron chi connectivity index (χ2n) is 6.43. The monoisotopic (exact) mass is 369 g/mol. The molecule has 0 aliphatic heterocycles. The van der Waals surface area contributed by atoms with E-state index in [-0.39, 0.29) is 11.8 Å². The van der Waals surface area contributed by atoms with Gasteiger partial charge in [-0.15, -0.1) is 0 Å². The number of unbranched alkanes of at least 4 members (excludes halogenated alkanes) is 5. The van der Waals surface area contributed by atoms with Gasteiger partial charge in [-0.1, -0.05) is 37.8 Å². The maximum Gasteiger partial charge on any atom is 0.339 e. The lowest BCUT2D eigenvalue weighted by Crippen LogP contribution is -2.06. The normalized spacial score (nSPS) is 10.4. The van der Waals surface area contributed by atoms with E-state index in [9.17, 15) is 9.59 Å². The number of nitrogens with zero attached hydrogens (tertiary/aromatic N) is 1. The van der Waals surface area contributed by atoms with E-state index in [0.29, 0.717) is 24.3 Å². The number of esters is 1. The van der Waals surface area contributed by atoms with Crippen LogP contribution in [0, 0.1) is 0 Å². The summed E-state index contributed by atoms with van der Waals surface area (Å²) in [7, 11) is 0. The van der Waals surface area contributed by atoms with Crippen molar-refractivity contribution in [1.29, 1.82) is 0 Å². The van der Waals surface area contributed by atoms with E-state index in [2.05, 4.69) is 4.98 Å². The number of Topliss-reactive ketones (excluding diaryl/α,β-unsaturated/α-hetero) is 1. The molecular formula is C22H27NO4. The third-order valence-corrected chi connectivity index (χ3v) is 4.18. The lowest BCUT2D eigenvalue weighted by Gasteiger charge is -2.07. The Morgan fingerprint density at radius 2 is 1.59 bits per heavy atom.